The van der Waals surface area contributed by atoms with E-state index in [0.29, 0.717) is 38.7 Å². The number of thiazole rings is 1. The van der Waals surface area contributed by atoms with Gasteiger partial charge in [0, 0.05) is 12.0 Å². The Morgan fingerprint density at radius 2 is 1.94 bits per heavy atom. The van der Waals surface area contributed by atoms with Crippen molar-refractivity contribution in [1.82, 2.24) is 4.98 Å². The summed E-state index contributed by atoms with van der Waals surface area (Å²) < 4.78 is 68.4. The van der Waals surface area contributed by atoms with Gasteiger partial charge in [-0.05, 0) is 25.0 Å². The van der Waals surface area contributed by atoms with E-state index in [1.165, 1.54) is 24.3 Å². The normalized spacial score (nSPS) is 19.7. The maximum Gasteiger partial charge on any atom is 0.427 e. The molecule has 1 aromatic carbocycles. The highest BCUT2D eigenvalue weighted by Crippen LogP contribution is 2.35. The number of carbonyl (C=O) groups is 1. The lowest BCUT2D eigenvalue weighted by Crippen LogP contribution is -2.25. The number of nitrogens with one attached hydrogen (secondary N) is 1. The molecule has 2 heterocycles. The summed E-state index contributed by atoms with van der Waals surface area (Å²) >= 11 is 0.277. The van der Waals surface area contributed by atoms with Gasteiger partial charge in [-0.1, -0.05) is 28.6 Å². The molecule has 0 spiro atoms. The van der Waals surface area contributed by atoms with Crippen LogP contribution < -0.4 is 5.32 Å². The average molecular weight is 489 g/mol. The van der Waals surface area contributed by atoms with Crippen molar-refractivity contribution in [3.05, 3.63) is 40.9 Å². The molecule has 1 saturated carbocycles. The van der Waals surface area contributed by atoms with Gasteiger partial charge in [-0.2, -0.15) is 13.2 Å². The Balaban J connectivity index is 1.57. The average Bonchev–Trinajstić information content (AvgIpc) is 3.28. The first-order valence-electron chi connectivity index (χ1n) is 9.65. The fourth-order valence-electron chi connectivity index (χ4n) is 2.94. The summed E-state index contributed by atoms with van der Waals surface area (Å²) in [5, 5.41) is 5.54. The van der Waals surface area contributed by atoms with Crippen molar-refractivity contribution in [2.45, 2.75) is 41.7 Å². The van der Waals surface area contributed by atoms with Crippen LogP contribution in [0.5, 0.6) is 0 Å². The topological polar surface area (TPSA) is 107 Å². The smallest absolute Gasteiger partial charge is 0.389 e. The maximum absolute atomic E-state index is 12.8. The number of carbonyl (C=O) groups excluding carboxylic acids is 1. The van der Waals surface area contributed by atoms with Crippen molar-refractivity contribution >= 4 is 37.9 Å². The number of nitrogens with zero attached hydrogens (tertiary/aromatic N) is 2. The molecule has 1 N–H and O–H groups in total. The van der Waals surface area contributed by atoms with Gasteiger partial charge in [-0.3, -0.25) is 10.1 Å². The molecule has 1 aliphatic carbocycles. The Labute approximate surface area is 185 Å². The van der Waals surface area contributed by atoms with Gasteiger partial charge in [-0.15, -0.1) is 0 Å². The van der Waals surface area contributed by atoms with Crippen LogP contribution in [0.1, 0.15) is 29.7 Å². The summed E-state index contributed by atoms with van der Waals surface area (Å²) in [7, 11) is -3.42. The molecule has 0 radical (unpaired) electrons. The van der Waals surface area contributed by atoms with Crippen LogP contribution in [0.2, 0.25) is 0 Å². The third kappa shape index (κ3) is 5.10. The number of anilines is 1. The van der Waals surface area contributed by atoms with Gasteiger partial charge in [0.15, 0.2) is 26.8 Å². The molecular weight excluding hydrogens is 471 g/mol. The number of alkyl halides is 3. The molecule has 8 nitrogen and oxygen atoms in total. The van der Waals surface area contributed by atoms with Crippen LogP contribution in [0.25, 0.3) is 0 Å². The largest absolute Gasteiger partial charge is 0.427 e. The number of sulfone groups is 1. The molecule has 2 aromatic rings. The Morgan fingerprint density at radius 3 is 2.50 bits per heavy atom. The van der Waals surface area contributed by atoms with E-state index < -0.39 is 26.8 Å². The number of benzene rings is 1. The minimum Gasteiger partial charge on any atom is -0.389 e. The quantitative estimate of drug-likeness (QED) is 0.473. The Kier molecular flexibility index (Phi) is 6.23. The van der Waals surface area contributed by atoms with Crippen LogP contribution in [0.4, 0.5) is 18.3 Å². The van der Waals surface area contributed by atoms with Gasteiger partial charge in [-0.25, -0.2) is 13.4 Å². The number of hydrogen-bond donors (Lipinski definition) is 1. The van der Waals surface area contributed by atoms with Crippen molar-refractivity contribution in [3.8, 4) is 0 Å². The molecule has 172 valence electrons. The standard InChI is InChI=1S/C19H18F3N3O5S2/c20-19(21,22)15-9-23-18(31-15)24-17(26)16(25-30-12-7-8-29-10-12)11-1-3-13(4-2-11)32(27,28)14-5-6-14/h1-4,9,12,14H,5-8,10H2,(H,23,24,26)/t12-/m1/s1. The number of rotatable bonds is 7. The number of oxime groups is 1. The van der Waals surface area contributed by atoms with Gasteiger partial charge < -0.3 is 9.57 Å². The second kappa shape index (κ2) is 8.79. The van der Waals surface area contributed by atoms with E-state index in [-0.39, 0.29) is 44.0 Å². The molecule has 0 bridgehead atoms. The molecular formula is C19H18F3N3O5S2. The zero-order chi connectivity index (χ0) is 22.9. The molecule has 1 atom stereocenters. The molecule has 1 amide bonds. The third-order valence-corrected chi connectivity index (χ3v) is 8.06. The summed E-state index contributed by atoms with van der Waals surface area (Å²) in [6, 6.07) is 5.56. The van der Waals surface area contributed by atoms with Crippen LogP contribution in [0.3, 0.4) is 0 Å². The molecule has 1 aromatic heterocycles. The van der Waals surface area contributed by atoms with E-state index in [2.05, 4.69) is 15.5 Å². The molecule has 4 rings (SSSR count). The maximum atomic E-state index is 12.8. The molecule has 0 unspecified atom stereocenters. The first-order valence-corrected chi connectivity index (χ1v) is 12.0. The zero-order valence-electron chi connectivity index (χ0n) is 16.5. The van der Waals surface area contributed by atoms with Crippen LogP contribution in [-0.4, -0.2) is 49.6 Å². The summed E-state index contributed by atoms with van der Waals surface area (Å²) in [5.41, 5.74) is 0.0137. The van der Waals surface area contributed by atoms with Crippen molar-refractivity contribution in [3.63, 3.8) is 0 Å². The van der Waals surface area contributed by atoms with E-state index >= 15 is 0 Å². The van der Waals surface area contributed by atoms with Gasteiger partial charge in [0.1, 0.15) is 4.88 Å². The van der Waals surface area contributed by atoms with E-state index in [0.717, 1.165) is 0 Å². The molecule has 2 fully saturated rings. The number of aromatic nitrogens is 1. The predicted octanol–water partition coefficient (Wildman–Crippen LogP) is 3.25. The monoisotopic (exact) mass is 489 g/mol. The predicted molar refractivity (Wildman–Crippen MR) is 109 cm³/mol. The molecule has 1 saturated heterocycles. The highest BCUT2D eigenvalue weighted by molar-refractivity contribution is 7.92. The Hall–Kier alpha value is -2.51. The Morgan fingerprint density at radius 1 is 1.22 bits per heavy atom. The second-order valence-corrected chi connectivity index (χ2v) is 10.5. The van der Waals surface area contributed by atoms with Crippen molar-refractivity contribution in [2.24, 2.45) is 5.16 Å². The van der Waals surface area contributed by atoms with E-state index in [1.807, 2.05) is 0 Å². The minimum atomic E-state index is -4.58. The van der Waals surface area contributed by atoms with Crippen LogP contribution in [0.15, 0.2) is 40.5 Å². The molecule has 13 heteroatoms. The summed E-state index contributed by atoms with van der Waals surface area (Å²) in [5.74, 6) is -0.843. The first-order chi connectivity index (χ1) is 15.1. The van der Waals surface area contributed by atoms with Crippen molar-refractivity contribution in [2.75, 3.05) is 18.5 Å². The number of ether oxygens (including phenoxy) is 1. The highest BCUT2D eigenvalue weighted by Gasteiger charge is 2.37. The zero-order valence-corrected chi connectivity index (χ0v) is 18.1. The lowest BCUT2D eigenvalue weighted by molar-refractivity contribution is -0.134. The second-order valence-electron chi connectivity index (χ2n) is 7.28. The van der Waals surface area contributed by atoms with Crippen molar-refractivity contribution < 1.29 is 36.0 Å². The first kappa shape index (κ1) is 22.7. The molecule has 1 aliphatic heterocycles. The summed E-state index contributed by atoms with van der Waals surface area (Å²) in [6.45, 7) is 0.771. The number of amides is 1. The van der Waals surface area contributed by atoms with Crippen LogP contribution in [-0.2, 0) is 30.4 Å². The lowest BCUT2D eigenvalue weighted by atomic mass is 10.1. The van der Waals surface area contributed by atoms with Gasteiger partial charge in [0.05, 0.1) is 29.6 Å². The van der Waals surface area contributed by atoms with Gasteiger partial charge in [0.2, 0.25) is 0 Å². The fraction of sp³-hybridized carbons (Fsp3) is 0.421. The number of hydrogen-bond acceptors (Lipinski definition) is 8. The summed E-state index contributed by atoms with van der Waals surface area (Å²) in [4.78, 5) is 20.9. The van der Waals surface area contributed by atoms with E-state index in [4.69, 9.17) is 9.57 Å². The lowest BCUT2D eigenvalue weighted by Gasteiger charge is -2.10. The highest BCUT2D eigenvalue weighted by atomic mass is 32.2. The number of halogens is 3. The van der Waals surface area contributed by atoms with E-state index in [9.17, 15) is 26.4 Å². The third-order valence-electron chi connectivity index (χ3n) is 4.82. The Bertz CT molecular complexity index is 1120. The summed E-state index contributed by atoms with van der Waals surface area (Å²) in [6.07, 6.45) is -2.52. The van der Waals surface area contributed by atoms with Gasteiger partial charge >= 0.3 is 6.18 Å². The minimum absolute atomic E-state index is 0.128. The SMILES string of the molecule is O=C(Nc1ncc(C(F)(F)F)s1)C(=NO[C@@H]1CCOC1)c1ccc(S(=O)(=O)C2CC2)cc1. The molecule has 32 heavy (non-hydrogen) atoms. The molecule has 2 aliphatic rings. The van der Waals surface area contributed by atoms with E-state index in [1.54, 1.807) is 0 Å². The van der Waals surface area contributed by atoms with Crippen LogP contribution in [0, 0.1) is 0 Å². The van der Waals surface area contributed by atoms with Gasteiger partial charge in [0.25, 0.3) is 5.91 Å². The van der Waals surface area contributed by atoms with Crippen molar-refractivity contribution in [1.29, 1.82) is 0 Å². The fourth-order valence-corrected chi connectivity index (χ4v) is 5.28. The van der Waals surface area contributed by atoms with Crippen LogP contribution >= 0.6 is 11.3 Å².